The number of aliphatic hydroxyl groups excluding tert-OH is 1. The van der Waals surface area contributed by atoms with Crippen molar-refractivity contribution in [1.82, 2.24) is 0 Å². The highest BCUT2D eigenvalue weighted by Gasteiger charge is 2.72. The second-order valence-electron chi connectivity index (χ2n) is 9.15. The SMILES string of the molecule is CC12CC(O)[C@@]3(F)C(C[C@H](F)C4=CC(=O)C=CC43C)C1CCC2C(=O)SCF. The fourth-order valence-electron chi connectivity index (χ4n) is 6.74. The monoisotopic (exact) mass is 414 g/mol. The Morgan fingerprint density at radius 2 is 2.04 bits per heavy atom. The van der Waals surface area contributed by atoms with E-state index in [0.717, 1.165) is 0 Å². The maximum atomic E-state index is 16.7. The maximum absolute atomic E-state index is 16.7. The number of alkyl halides is 3. The molecule has 8 atom stereocenters. The van der Waals surface area contributed by atoms with Gasteiger partial charge in [-0.05, 0) is 61.7 Å². The van der Waals surface area contributed by atoms with Crippen molar-refractivity contribution in [2.45, 2.75) is 57.5 Å². The summed E-state index contributed by atoms with van der Waals surface area (Å²) in [5.74, 6) is -1.90. The first-order valence-electron chi connectivity index (χ1n) is 9.78. The van der Waals surface area contributed by atoms with Gasteiger partial charge in [0.05, 0.1) is 6.10 Å². The van der Waals surface area contributed by atoms with E-state index in [4.69, 9.17) is 0 Å². The van der Waals surface area contributed by atoms with Gasteiger partial charge in [-0.3, -0.25) is 9.59 Å². The lowest BCUT2D eigenvalue weighted by Crippen LogP contribution is -2.68. The Kier molecular flexibility index (Phi) is 4.66. The van der Waals surface area contributed by atoms with Crippen LogP contribution < -0.4 is 0 Å². The van der Waals surface area contributed by atoms with Crippen LogP contribution in [0.1, 0.15) is 39.5 Å². The molecule has 0 aromatic rings. The van der Waals surface area contributed by atoms with Crippen molar-refractivity contribution in [3.05, 3.63) is 23.8 Å². The van der Waals surface area contributed by atoms with E-state index >= 15 is 8.78 Å². The quantitative estimate of drug-likeness (QED) is 0.739. The molecule has 28 heavy (non-hydrogen) atoms. The van der Waals surface area contributed by atoms with E-state index in [9.17, 15) is 19.1 Å². The predicted octanol–water partition coefficient (Wildman–Crippen LogP) is 4.11. The number of allylic oxidation sites excluding steroid dienone is 4. The number of thioether (sulfide) groups is 1. The number of aliphatic hydroxyl groups is 1. The third-order valence-corrected chi connectivity index (χ3v) is 8.79. The van der Waals surface area contributed by atoms with Gasteiger partial charge < -0.3 is 5.11 Å². The van der Waals surface area contributed by atoms with Gasteiger partial charge >= 0.3 is 0 Å². The van der Waals surface area contributed by atoms with Gasteiger partial charge in [0.25, 0.3) is 0 Å². The molecule has 4 aliphatic rings. The summed E-state index contributed by atoms with van der Waals surface area (Å²) < 4.78 is 44.6. The summed E-state index contributed by atoms with van der Waals surface area (Å²) in [5.41, 5.74) is -4.11. The summed E-state index contributed by atoms with van der Waals surface area (Å²) in [6, 6.07) is -0.813. The topological polar surface area (TPSA) is 54.4 Å². The molecule has 6 unspecified atom stereocenters. The first-order chi connectivity index (χ1) is 13.1. The summed E-state index contributed by atoms with van der Waals surface area (Å²) >= 11 is 0.618. The number of halogens is 3. The molecule has 4 rings (SSSR count). The Balaban J connectivity index is 1.78. The molecule has 154 valence electrons. The standard InChI is InChI=1S/C21H25F3O3S/c1-19-9-17(26)21(24)14(12(19)3-4-13(19)18(27)28-10-22)8-16(23)15-7-11(25)5-6-20(15,21)2/h5-7,12-14,16-17,26H,3-4,8-10H2,1-2H3/t12?,13?,14?,16-,17?,19?,20?,21-/m0/s1. The third kappa shape index (κ3) is 2.41. The molecule has 0 amide bonds. The first kappa shape index (κ1) is 20.2. The summed E-state index contributed by atoms with van der Waals surface area (Å²) in [5, 5.41) is 10.8. The summed E-state index contributed by atoms with van der Waals surface area (Å²) in [6.45, 7) is 3.42. The van der Waals surface area contributed by atoms with Gasteiger partial charge in [-0.15, -0.1) is 0 Å². The molecule has 3 nitrogen and oxygen atoms in total. The Bertz CT molecular complexity index is 783. The van der Waals surface area contributed by atoms with Crippen LogP contribution in [-0.2, 0) is 9.59 Å². The van der Waals surface area contributed by atoms with Crippen molar-refractivity contribution in [3.63, 3.8) is 0 Å². The van der Waals surface area contributed by atoms with E-state index in [2.05, 4.69) is 0 Å². The molecule has 4 aliphatic carbocycles. The van der Waals surface area contributed by atoms with Crippen LogP contribution in [0.2, 0.25) is 0 Å². The number of hydrogen-bond acceptors (Lipinski definition) is 4. The molecule has 3 saturated carbocycles. The molecule has 0 aromatic heterocycles. The zero-order valence-corrected chi connectivity index (χ0v) is 16.8. The Hall–Kier alpha value is -1.08. The molecule has 0 heterocycles. The smallest absolute Gasteiger partial charge is 0.195 e. The van der Waals surface area contributed by atoms with Crippen LogP contribution in [0.5, 0.6) is 0 Å². The van der Waals surface area contributed by atoms with Gasteiger partial charge in [0, 0.05) is 17.3 Å². The highest BCUT2D eigenvalue weighted by Crippen LogP contribution is 2.69. The number of hydrogen-bond donors (Lipinski definition) is 1. The summed E-state index contributed by atoms with van der Waals surface area (Å²) in [4.78, 5) is 24.2. The predicted molar refractivity (Wildman–Crippen MR) is 101 cm³/mol. The molecule has 0 saturated heterocycles. The molecule has 0 aliphatic heterocycles. The second kappa shape index (κ2) is 6.46. The Labute approximate surface area is 166 Å². The fraction of sp³-hybridized carbons (Fsp3) is 0.714. The van der Waals surface area contributed by atoms with Crippen LogP contribution in [0.4, 0.5) is 13.2 Å². The minimum Gasteiger partial charge on any atom is -0.390 e. The fourth-order valence-corrected chi connectivity index (χ4v) is 7.44. The zero-order chi connectivity index (χ0) is 20.5. The van der Waals surface area contributed by atoms with Gasteiger partial charge in [0.15, 0.2) is 16.6 Å². The molecule has 0 spiro atoms. The van der Waals surface area contributed by atoms with E-state index in [1.54, 1.807) is 6.92 Å². The van der Waals surface area contributed by atoms with Crippen LogP contribution in [0.3, 0.4) is 0 Å². The van der Waals surface area contributed by atoms with E-state index in [-0.39, 0.29) is 35.2 Å². The van der Waals surface area contributed by atoms with Crippen LogP contribution >= 0.6 is 11.8 Å². The van der Waals surface area contributed by atoms with Crippen LogP contribution in [0.15, 0.2) is 23.8 Å². The van der Waals surface area contributed by atoms with Crippen molar-refractivity contribution in [1.29, 1.82) is 0 Å². The number of ketones is 1. The van der Waals surface area contributed by atoms with Crippen molar-refractivity contribution < 1.29 is 27.9 Å². The molecule has 0 radical (unpaired) electrons. The van der Waals surface area contributed by atoms with Crippen molar-refractivity contribution >= 4 is 22.7 Å². The van der Waals surface area contributed by atoms with Gasteiger partial charge in [-0.25, -0.2) is 13.2 Å². The summed E-state index contributed by atoms with van der Waals surface area (Å²) in [6.07, 6.45) is 1.94. The number of carbonyl (C=O) groups is 2. The average Bonchev–Trinajstić information content (AvgIpc) is 2.96. The summed E-state index contributed by atoms with van der Waals surface area (Å²) in [7, 11) is 0. The van der Waals surface area contributed by atoms with Crippen molar-refractivity contribution in [3.8, 4) is 0 Å². The molecule has 0 bridgehead atoms. The van der Waals surface area contributed by atoms with Crippen molar-refractivity contribution in [2.24, 2.45) is 28.6 Å². The highest BCUT2D eigenvalue weighted by molar-refractivity contribution is 8.13. The van der Waals surface area contributed by atoms with E-state index in [1.807, 2.05) is 6.92 Å². The molecule has 1 N–H and O–H groups in total. The van der Waals surface area contributed by atoms with Gasteiger partial charge in [0.1, 0.15) is 12.2 Å². The maximum Gasteiger partial charge on any atom is 0.195 e. The number of fused-ring (bicyclic) bond motifs is 5. The van der Waals surface area contributed by atoms with Crippen LogP contribution in [-0.4, -0.2) is 40.0 Å². The van der Waals surface area contributed by atoms with Crippen molar-refractivity contribution in [2.75, 3.05) is 6.01 Å². The minimum absolute atomic E-state index is 0.0650. The Morgan fingerprint density at radius 3 is 2.71 bits per heavy atom. The number of carbonyl (C=O) groups excluding carboxylic acids is 2. The zero-order valence-electron chi connectivity index (χ0n) is 16.0. The van der Waals surface area contributed by atoms with E-state index < -0.39 is 46.6 Å². The average molecular weight is 414 g/mol. The van der Waals surface area contributed by atoms with Gasteiger partial charge in [-0.1, -0.05) is 24.8 Å². The Morgan fingerprint density at radius 1 is 1.32 bits per heavy atom. The lowest BCUT2D eigenvalue weighted by Gasteiger charge is -2.62. The van der Waals surface area contributed by atoms with E-state index in [0.29, 0.717) is 24.6 Å². The lowest BCUT2D eigenvalue weighted by atomic mass is 9.45. The van der Waals surface area contributed by atoms with Gasteiger partial charge in [0.2, 0.25) is 0 Å². The first-order valence-corrected chi connectivity index (χ1v) is 10.8. The molecular formula is C21H25F3O3S. The highest BCUT2D eigenvalue weighted by atomic mass is 32.2. The molecule has 3 fully saturated rings. The second-order valence-corrected chi connectivity index (χ2v) is 10.1. The third-order valence-electron chi connectivity index (χ3n) is 8.11. The largest absolute Gasteiger partial charge is 0.390 e. The molecule has 7 heteroatoms. The molecule has 0 aromatic carbocycles. The minimum atomic E-state index is -2.12. The lowest BCUT2D eigenvalue weighted by molar-refractivity contribution is -0.201. The van der Waals surface area contributed by atoms with Gasteiger partial charge in [-0.2, -0.15) is 0 Å². The van der Waals surface area contributed by atoms with Crippen LogP contribution in [0.25, 0.3) is 0 Å². The normalized spacial score (nSPS) is 49.9. The van der Waals surface area contributed by atoms with Crippen LogP contribution in [0, 0.1) is 28.6 Å². The number of rotatable bonds is 2. The molecular weight excluding hydrogens is 389 g/mol. The van der Waals surface area contributed by atoms with E-state index in [1.165, 1.54) is 18.2 Å².